The Kier molecular flexibility index (Phi) is 5.56. The fourth-order valence-electron chi connectivity index (χ4n) is 0.865. The molecule has 0 aliphatic rings. The molecule has 2 N–H and O–H groups in total. The molecule has 0 amide bonds. The Morgan fingerprint density at radius 3 is 2.20 bits per heavy atom. The first kappa shape index (κ1) is 14.7. The van der Waals surface area contributed by atoms with Crippen molar-refractivity contribution in [3.8, 4) is 0 Å². The van der Waals surface area contributed by atoms with E-state index in [4.69, 9.17) is 4.65 Å². The van der Waals surface area contributed by atoms with E-state index < -0.39 is 18.3 Å². The molecule has 0 rings (SSSR count). The molecular weight excluding hydrogens is 191 g/mol. The fourth-order valence-corrected chi connectivity index (χ4v) is 0.865. The first-order valence-electron chi connectivity index (χ1n) is 5.45. The van der Waals surface area contributed by atoms with E-state index in [1.807, 2.05) is 6.08 Å². The van der Waals surface area contributed by atoms with Crippen LogP contribution in [-0.4, -0.2) is 28.5 Å². The third-order valence-corrected chi connectivity index (χ3v) is 2.64. The number of hydrogen-bond acceptors (Lipinski definition) is 3. The molecule has 0 saturated heterocycles. The van der Waals surface area contributed by atoms with Crippen LogP contribution in [0.1, 0.15) is 47.5 Å². The average molecular weight is 214 g/mol. The molecule has 0 heterocycles. The number of allylic oxidation sites excluding steroid dienone is 1. The van der Waals surface area contributed by atoms with Gasteiger partial charge in [0.15, 0.2) is 0 Å². The molecule has 0 atom stereocenters. The van der Waals surface area contributed by atoms with Gasteiger partial charge in [-0.2, -0.15) is 0 Å². The highest BCUT2D eigenvalue weighted by molar-refractivity contribution is 6.49. The Morgan fingerprint density at radius 2 is 1.80 bits per heavy atom. The van der Waals surface area contributed by atoms with E-state index in [2.05, 4.69) is 6.92 Å². The lowest BCUT2D eigenvalue weighted by atomic mass is 9.83. The van der Waals surface area contributed by atoms with Crippen LogP contribution in [0.2, 0.25) is 0 Å². The topological polar surface area (TPSA) is 49.7 Å². The van der Waals surface area contributed by atoms with Crippen molar-refractivity contribution in [2.45, 2.75) is 58.7 Å². The quantitative estimate of drug-likeness (QED) is 0.664. The highest BCUT2D eigenvalue weighted by Crippen LogP contribution is 2.25. The van der Waals surface area contributed by atoms with Crippen molar-refractivity contribution >= 4 is 7.12 Å². The number of rotatable bonds is 6. The molecule has 0 bridgehead atoms. The molecule has 0 radical (unpaired) electrons. The molecule has 4 heteroatoms. The molecule has 0 aromatic rings. The average Bonchev–Trinajstić information content (AvgIpc) is 2.01. The lowest BCUT2D eigenvalue weighted by molar-refractivity contribution is -0.0984. The van der Waals surface area contributed by atoms with Gasteiger partial charge in [0.25, 0.3) is 0 Å². The first-order chi connectivity index (χ1) is 6.70. The van der Waals surface area contributed by atoms with Gasteiger partial charge in [0.1, 0.15) is 0 Å². The van der Waals surface area contributed by atoms with Gasteiger partial charge in [-0.25, -0.2) is 0 Å². The molecule has 88 valence electrons. The van der Waals surface area contributed by atoms with E-state index in [0.29, 0.717) is 0 Å². The second-order valence-corrected chi connectivity index (χ2v) is 4.79. The molecular formula is C11H23BO3. The zero-order valence-corrected chi connectivity index (χ0v) is 10.4. The summed E-state index contributed by atoms with van der Waals surface area (Å²) in [6, 6.07) is 0. The van der Waals surface area contributed by atoms with E-state index in [1.165, 1.54) is 0 Å². The highest BCUT2D eigenvalue weighted by Gasteiger charge is 2.38. The van der Waals surface area contributed by atoms with Crippen molar-refractivity contribution in [3.63, 3.8) is 0 Å². The van der Waals surface area contributed by atoms with E-state index in [1.54, 1.807) is 33.7 Å². The monoisotopic (exact) mass is 214 g/mol. The second kappa shape index (κ2) is 5.68. The summed E-state index contributed by atoms with van der Waals surface area (Å²) in [5.41, 5.74) is -1.78. The Balaban J connectivity index is 4.22. The summed E-state index contributed by atoms with van der Waals surface area (Å²) in [6.07, 6.45) is 3.84. The van der Waals surface area contributed by atoms with E-state index >= 15 is 0 Å². The fraction of sp³-hybridized carbons (Fsp3) is 0.818. The van der Waals surface area contributed by atoms with Crippen molar-refractivity contribution in [2.75, 3.05) is 0 Å². The van der Waals surface area contributed by atoms with Crippen molar-refractivity contribution in [2.24, 2.45) is 0 Å². The summed E-state index contributed by atoms with van der Waals surface area (Å²) in [7, 11) is -0.960. The maximum Gasteiger partial charge on any atom is 0.483 e. The second-order valence-electron chi connectivity index (χ2n) is 4.79. The summed E-state index contributed by atoms with van der Waals surface area (Å²) in [4.78, 5) is 0. The van der Waals surface area contributed by atoms with Gasteiger partial charge in [0.2, 0.25) is 0 Å². The van der Waals surface area contributed by atoms with Crippen molar-refractivity contribution < 1.29 is 14.8 Å². The molecule has 0 aliphatic heterocycles. The van der Waals surface area contributed by atoms with Gasteiger partial charge in [-0.15, -0.1) is 0 Å². The van der Waals surface area contributed by atoms with Gasteiger partial charge >= 0.3 is 7.12 Å². The van der Waals surface area contributed by atoms with Crippen LogP contribution in [0.5, 0.6) is 0 Å². The normalized spacial score (nSPS) is 13.5. The Bertz CT molecular complexity index is 206. The summed E-state index contributed by atoms with van der Waals surface area (Å²) in [5, 5.41) is 19.4. The third-order valence-electron chi connectivity index (χ3n) is 2.64. The van der Waals surface area contributed by atoms with E-state index in [0.717, 1.165) is 12.8 Å². The third kappa shape index (κ3) is 5.35. The van der Waals surface area contributed by atoms with Crippen molar-refractivity contribution in [3.05, 3.63) is 12.1 Å². The molecule has 0 aromatic heterocycles. The Labute approximate surface area is 93.3 Å². The minimum atomic E-state index is -0.993. The summed E-state index contributed by atoms with van der Waals surface area (Å²) in [6.45, 7) is 8.90. The summed E-state index contributed by atoms with van der Waals surface area (Å²) >= 11 is 0. The minimum absolute atomic E-state index is 0.789. The minimum Gasteiger partial charge on any atom is -0.423 e. The molecule has 0 saturated carbocycles. The first-order valence-corrected chi connectivity index (χ1v) is 5.45. The summed E-state index contributed by atoms with van der Waals surface area (Å²) < 4.78 is 5.37. The van der Waals surface area contributed by atoms with Crippen LogP contribution >= 0.6 is 0 Å². The molecule has 0 unspecified atom stereocenters. The number of unbranched alkanes of at least 4 members (excludes halogenated alkanes) is 1. The molecule has 3 nitrogen and oxygen atoms in total. The molecule has 15 heavy (non-hydrogen) atoms. The number of aliphatic hydroxyl groups is 1. The Morgan fingerprint density at radius 1 is 1.27 bits per heavy atom. The van der Waals surface area contributed by atoms with Crippen LogP contribution in [0, 0.1) is 0 Å². The van der Waals surface area contributed by atoms with Crippen LogP contribution in [0.4, 0.5) is 0 Å². The van der Waals surface area contributed by atoms with Gasteiger partial charge in [-0.3, -0.25) is 0 Å². The van der Waals surface area contributed by atoms with E-state index in [-0.39, 0.29) is 0 Å². The molecule has 0 spiro atoms. The van der Waals surface area contributed by atoms with Crippen LogP contribution in [0.25, 0.3) is 0 Å². The van der Waals surface area contributed by atoms with Crippen molar-refractivity contribution in [1.82, 2.24) is 0 Å². The van der Waals surface area contributed by atoms with Gasteiger partial charge in [0, 0.05) is 0 Å². The lowest BCUT2D eigenvalue weighted by Gasteiger charge is -2.38. The maximum absolute atomic E-state index is 9.81. The predicted molar refractivity (Wildman–Crippen MR) is 63.5 cm³/mol. The predicted octanol–water partition coefficient (Wildman–Crippen LogP) is 1.93. The zero-order chi connectivity index (χ0) is 12.1. The number of hydrogen-bond donors (Lipinski definition) is 2. The van der Waals surface area contributed by atoms with Crippen LogP contribution in [0.15, 0.2) is 12.1 Å². The highest BCUT2D eigenvalue weighted by atomic mass is 16.5. The van der Waals surface area contributed by atoms with Crippen molar-refractivity contribution in [1.29, 1.82) is 0 Å². The van der Waals surface area contributed by atoms with Gasteiger partial charge < -0.3 is 14.8 Å². The molecule has 0 fully saturated rings. The van der Waals surface area contributed by atoms with Gasteiger partial charge in [0.05, 0.1) is 11.2 Å². The van der Waals surface area contributed by atoms with Crippen LogP contribution < -0.4 is 0 Å². The van der Waals surface area contributed by atoms with Crippen LogP contribution in [-0.2, 0) is 4.65 Å². The lowest BCUT2D eigenvalue weighted by Crippen LogP contribution is -2.50. The Hall–Kier alpha value is -0.315. The largest absolute Gasteiger partial charge is 0.483 e. The maximum atomic E-state index is 9.81. The van der Waals surface area contributed by atoms with Gasteiger partial charge in [-0.1, -0.05) is 25.4 Å². The van der Waals surface area contributed by atoms with Gasteiger partial charge in [-0.05, 0) is 34.1 Å². The standard InChI is InChI=1S/C11H23BO3/c1-6-7-8-9-12(14)15-11(4,5)10(2,3)13/h8-9,13-14H,6-7H2,1-5H3. The SMILES string of the molecule is CCCC=CB(O)OC(C)(C)C(C)(C)O. The molecule has 0 aliphatic carbocycles. The van der Waals surface area contributed by atoms with Crippen LogP contribution in [0.3, 0.4) is 0 Å². The zero-order valence-electron chi connectivity index (χ0n) is 10.4. The van der Waals surface area contributed by atoms with E-state index in [9.17, 15) is 10.1 Å². The smallest absolute Gasteiger partial charge is 0.423 e. The molecule has 0 aromatic carbocycles. The summed E-state index contributed by atoms with van der Waals surface area (Å²) in [5.74, 6) is 1.61.